The first kappa shape index (κ1) is 20.2. The Hall–Kier alpha value is -3.15. The normalized spacial score (nSPS) is 11.6. The van der Waals surface area contributed by atoms with Gasteiger partial charge < -0.3 is 16.0 Å². The van der Waals surface area contributed by atoms with E-state index >= 15 is 0 Å². The number of nitrogens with one attached hydrogen (secondary N) is 3. The van der Waals surface area contributed by atoms with Gasteiger partial charge in [0.15, 0.2) is 0 Å². The molecule has 0 saturated heterocycles. The summed E-state index contributed by atoms with van der Waals surface area (Å²) in [5.74, 6) is -0.844. The second kappa shape index (κ2) is 8.98. The molecular formula is C21H25N3O3. The minimum Gasteiger partial charge on any atom is -0.344 e. The molecule has 0 fully saturated rings. The van der Waals surface area contributed by atoms with E-state index < -0.39 is 6.04 Å². The molecule has 0 aliphatic heterocycles. The first-order valence-corrected chi connectivity index (χ1v) is 8.82. The molecule has 3 amide bonds. The molecule has 0 aromatic heterocycles. The van der Waals surface area contributed by atoms with Crippen molar-refractivity contribution in [2.75, 3.05) is 10.6 Å². The molecular weight excluding hydrogens is 342 g/mol. The van der Waals surface area contributed by atoms with Gasteiger partial charge in [-0.2, -0.15) is 0 Å². The van der Waals surface area contributed by atoms with E-state index in [2.05, 4.69) is 16.0 Å². The van der Waals surface area contributed by atoms with Crippen molar-refractivity contribution >= 4 is 29.1 Å². The third kappa shape index (κ3) is 5.95. The van der Waals surface area contributed by atoms with E-state index in [0.717, 1.165) is 5.56 Å². The van der Waals surface area contributed by atoms with Gasteiger partial charge in [0.2, 0.25) is 11.8 Å². The summed E-state index contributed by atoms with van der Waals surface area (Å²) < 4.78 is 0. The van der Waals surface area contributed by atoms with Crippen LogP contribution in [0.5, 0.6) is 0 Å². The Balaban J connectivity index is 2.09. The highest BCUT2D eigenvalue weighted by Crippen LogP contribution is 2.17. The first-order chi connectivity index (χ1) is 12.8. The van der Waals surface area contributed by atoms with Crippen molar-refractivity contribution in [3.8, 4) is 0 Å². The van der Waals surface area contributed by atoms with Crippen molar-refractivity contribution in [3.05, 3.63) is 59.7 Å². The van der Waals surface area contributed by atoms with Gasteiger partial charge in [0.1, 0.15) is 6.04 Å². The molecule has 0 heterocycles. The topological polar surface area (TPSA) is 87.3 Å². The van der Waals surface area contributed by atoms with Gasteiger partial charge in [-0.05, 0) is 43.2 Å². The zero-order valence-corrected chi connectivity index (χ0v) is 16.0. The Kier molecular flexibility index (Phi) is 6.71. The maximum atomic E-state index is 12.5. The minimum absolute atomic E-state index is 0.0573. The number of anilines is 2. The Labute approximate surface area is 159 Å². The van der Waals surface area contributed by atoms with Gasteiger partial charge in [-0.15, -0.1) is 0 Å². The Morgan fingerprint density at radius 1 is 0.889 bits per heavy atom. The van der Waals surface area contributed by atoms with Crippen molar-refractivity contribution in [3.63, 3.8) is 0 Å². The van der Waals surface area contributed by atoms with E-state index in [1.807, 2.05) is 39.0 Å². The number of benzene rings is 2. The maximum absolute atomic E-state index is 12.5. The van der Waals surface area contributed by atoms with Gasteiger partial charge in [0, 0.05) is 23.9 Å². The molecule has 0 unspecified atom stereocenters. The van der Waals surface area contributed by atoms with Crippen LogP contribution in [0.15, 0.2) is 48.5 Å². The van der Waals surface area contributed by atoms with E-state index in [1.54, 1.807) is 30.3 Å². The van der Waals surface area contributed by atoms with Gasteiger partial charge >= 0.3 is 0 Å². The summed E-state index contributed by atoms with van der Waals surface area (Å²) >= 11 is 0. The highest BCUT2D eigenvalue weighted by atomic mass is 16.2. The van der Waals surface area contributed by atoms with E-state index in [1.165, 1.54) is 6.92 Å². The first-order valence-electron chi connectivity index (χ1n) is 8.82. The molecule has 2 rings (SSSR count). The zero-order valence-electron chi connectivity index (χ0n) is 16.0. The number of aryl methyl sites for hydroxylation is 1. The number of carbonyl (C=O) groups excluding carboxylic acids is 3. The van der Waals surface area contributed by atoms with Crippen LogP contribution in [0.2, 0.25) is 0 Å². The molecule has 142 valence electrons. The van der Waals surface area contributed by atoms with Crippen LogP contribution in [0.3, 0.4) is 0 Å². The molecule has 6 nitrogen and oxygen atoms in total. The fourth-order valence-electron chi connectivity index (χ4n) is 2.64. The molecule has 2 aromatic rings. The summed E-state index contributed by atoms with van der Waals surface area (Å²) in [7, 11) is 0. The number of amides is 3. The standard InChI is InChI=1S/C21H25N3O3/c1-13(2)19(22-15(4)25)21(27)24-18-10-6-9-17(12-18)23-20(26)16-8-5-7-14(3)11-16/h5-13,19H,1-4H3,(H,22,25)(H,23,26)(H,24,27)/t19-/m0/s1. The molecule has 1 atom stereocenters. The van der Waals surface area contributed by atoms with Gasteiger partial charge in [-0.25, -0.2) is 0 Å². The minimum atomic E-state index is -0.631. The Bertz CT molecular complexity index is 846. The van der Waals surface area contributed by atoms with E-state index in [9.17, 15) is 14.4 Å². The van der Waals surface area contributed by atoms with E-state index in [4.69, 9.17) is 0 Å². The number of hydrogen-bond donors (Lipinski definition) is 3. The van der Waals surface area contributed by atoms with Crippen LogP contribution in [-0.4, -0.2) is 23.8 Å². The van der Waals surface area contributed by atoms with Crippen LogP contribution >= 0.6 is 0 Å². The Morgan fingerprint density at radius 3 is 2.11 bits per heavy atom. The quantitative estimate of drug-likeness (QED) is 0.732. The molecule has 0 bridgehead atoms. The van der Waals surface area contributed by atoms with Gasteiger partial charge in [-0.1, -0.05) is 37.6 Å². The molecule has 6 heteroatoms. The van der Waals surface area contributed by atoms with Crippen molar-refractivity contribution in [2.24, 2.45) is 5.92 Å². The summed E-state index contributed by atoms with van der Waals surface area (Å²) in [6.45, 7) is 7.02. The monoisotopic (exact) mass is 367 g/mol. The molecule has 3 N–H and O–H groups in total. The van der Waals surface area contributed by atoms with Gasteiger partial charge in [-0.3, -0.25) is 14.4 Å². The van der Waals surface area contributed by atoms with Crippen LogP contribution in [0.1, 0.15) is 36.7 Å². The second-order valence-electron chi connectivity index (χ2n) is 6.82. The smallest absolute Gasteiger partial charge is 0.255 e. The predicted molar refractivity (Wildman–Crippen MR) is 107 cm³/mol. The third-order valence-electron chi connectivity index (χ3n) is 3.98. The summed E-state index contributed by atoms with van der Waals surface area (Å²) in [5.41, 5.74) is 2.68. The van der Waals surface area contributed by atoms with Crippen LogP contribution < -0.4 is 16.0 Å². The lowest BCUT2D eigenvalue weighted by Gasteiger charge is -2.21. The molecule has 0 aliphatic carbocycles. The van der Waals surface area contributed by atoms with Gasteiger partial charge in [0.25, 0.3) is 5.91 Å². The van der Waals surface area contributed by atoms with Crippen molar-refractivity contribution in [1.82, 2.24) is 5.32 Å². The summed E-state index contributed by atoms with van der Waals surface area (Å²) in [4.78, 5) is 36.2. The molecule has 2 aromatic carbocycles. The maximum Gasteiger partial charge on any atom is 0.255 e. The van der Waals surface area contributed by atoms with Gasteiger partial charge in [0.05, 0.1) is 0 Å². The highest BCUT2D eigenvalue weighted by Gasteiger charge is 2.23. The summed E-state index contributed by atoms with van der Waals surface area (Å²) in [6.07, 6.45) is 0. The lowest BCUT2D eigenvalue weighted by Crippen LogP contribution is -2.46. The number of carbonyl (C=O) groups is 3. The number of hydrogen-bond acceptors (Lipinski definition) is 3. The van der Waals surface area contributed by atoms with Crippen LogP contribution in [0, 0.1) is 12.8 Å². The lowest BCUT2D eigenvalue weighted by molar-refractivity contribution is -0.126. The van der Waals surface area contributed by atoms with Crippen LogP contribution in [0.4, 0.5) is 11.4 Å². The summed E-state index contributed by atoms with van der Waals surface area (Å²) in [6, 6.07) is 13.6. The molecule has 0 radical (unpaired) electrons. The molecule has 27 heavy (non-hydrogen) atoms. The van der Waals surface area contributed by atoms with Crippen molar-refractivity contribution in [2.45, 2.75) is 33.7 Å². The van der Waals surface area contributed by atoms with Crippen molar-refractivity contribution < 1.29 is 14.4 Å². The second-order valence-corrected chi connectivity index (χ2v) is 6.82. The fraction of sp³-hybridized carbons (Fsp3) is 0.286. The van der Waals surface area contributed by atoms with Crippen molar-refractivity contribution in [1.29, 1.82) is 0 Å². The fourth-order valence-corrected chi connectivity index (χ4v) is 2.64. The number of rotatable bonds is 6. The molecule has 0 aliphatic rings. The average Bonchev–Trinajstić information content (AvgIpc) is 2.59. The predicted octanol–water partition coefficient (Wildman–Crippen LogP) is 3.35. The van der Waals surface area contributed by atoms with Crippen LogP contribution in [0.25, 0.3) is 0 Å². The van der Waals surface area contributed by atoms with Crippen LogP contribution in [-0.2, 0) is 9.59 Å². The average molecular weight is 367 g/mol. The molecule has 0 saturated carbocycles. The lowest BCUT2D eigenvalue weighted by atomic mass is 10.0. The SMILES string of the molecule is CC(=O)N[C@H](C(=O)Nc1cccc(NC(=O)c2cccc(C)c2)c1)C(C)C. The third-order valence-corrected chi connectivity index (χ3v) is 3.98. The highest BCUT2D eigenvalue weighted by molar-refractivity contribution is 6.05. The largest absolute Gasteiger partial charge is 0.344 e. The van der Waals surface area contributed by atoms with E-state index in [-0.39, 0.29) is 23.6 Å². The summed E-state index contributed by atoms with van der Waals surface area (Å²) in [5, 5.41) is 8.26. The van der Waals surface area contributed by atoms with E-state index in [0.29, 0.717) is 16.9 Å². The Morgan fingerprint density at radius 2 is 1.52 bits per heavy atom. The zero-order chi connectivity index (χ0) is 20.0. The molecule has 0 spiro atoms.